The Morgan fingerprint density at radius 1 is 1.38 bits per heavy atom. The van der Waals surface area contributed by atoms with Gasteiger partial charge in [-0.05, 0) is 38.3 Å². The molecule has 0 aromatic carbocycles. The molecule has 0 spiro atoms. The van der Waals surface area contributed by atoms with Crippen LogP contribution in [0.5, 0.6) is 0 Å². The van der Waals surface area contributed by atoms with Crippen molar-refractivity contribution in [3.63, 3.8) is 0 Å². The van der Waals surface area contributed by atoms with E-state index in [1.807, 2.05) is 26.0 Å². The molecule has 5 nitrogen and oxygen atoms in total. The van der Waals surface area contributed by atoms with E-state index < -0.39 is 0 Å². The van der Waals surface area contributed by atoms with Crippen molar-refractivity contribution in [2.24, 2.45) is 11.7 Å². The van der Waals surface area contributed by atoms with Crippen LogP contribution in [-0.2, 0) is 16.1 Å². The van der Waals surface area contributed by atoms with E-state index in [2.05, 4.69) is 5.32 Å². The number of carbonyl (C=O) groups excluding carboxylic acids is 1. The van der Waals surface area contributed by atoms with Crippen LogP contribution in [0.4, 0.5) is 0 Å². The Balaban J connectivity index is 1.97. The van der Waals surface area contributed by atoms with E-state index in [-0.39, 0.29) is 17.9 Å². The lowest BCUT2D eigenvalue weighted by molar-refractivity contribution is -0.124. The van der Waals surface area contributed by atoms with Gasteiger partial charge in [0.05, 0.1) is 6.26 Å². The van der Waals surface area contributed by atoms with Gasteiger partial charge >= 0.3 is 0 Å². The van der Waals surface area contributed by atoms with Crippen molar-refractivity contribution in [1.29, 1.82) is 0 Å². The molecule has 1 aromatic rings. The molecule has 0 saturated carbocycles. The predicted molar refractivity (Wildman–Crippen MR) is 82.7 cm³/mol. The first-order chi connectivity index (χ1) is 10.1. The van der Waals surface area contributed by atoms with Gasteiger partial charge in [0.25, 0.3) is 0 Å². The third-order valence-electron chi connectivity index (χ3n) is 3.33. The molecule has 2 unspecified atom stereocenters. The van der Waals surface area contributed by atoms with E-state index >= 15 is 0 Å². The van der Waals surface area contributed by atoms with E-state index in [1.54, 1.807) is 6.26 Å². The number of nitrogens with one attached hydrogen (secondary N) is 1. The summed E-state index contributed by atoms with van der Waals surface area (Å²) in [6, 6.07) is 3.93. The second-order valence-corrected chi connectivity index (χ2v) is 5.59. The van der Waals surface area contributed by atoms with Crippen LogP contribution in [-0.4, -0.2) is 25.1 Å². The Morgan fingerprint density at radius 3 is 2.86 bits per heavy atom. The van der Waals surface area contributed by atoms with Gasteiger partial charge in [-0.1, -0.05) is 13.3 Å². The second-order valence-electron chi connectivity index (χ2n) is 5.59. The van der Waals surface area contributed by atoms with Crippen molar-refractivity contribution in [1.82, 2.24) is 5.32 Å². The summed E-state index contributed by atoms with van der Waals surface area (Å²) in [5, 5.41) is 2.94. The normalized spacial score (nSPS) is 13.9. The Hall–Kier alpha value is -1.33. The number of nitrogens with two attached hydrogens (primary N) is 1. The first-order valence-electron chi connectivity index (χ1n) is 7.73. The standard InChI is InChI=1S/C16H28N2O3/c1-13(6-3-7-14(2)17)16(19)18-9-5-10-20-12-15-8-4-11-21-15/h4,8,11,13-14H,3,5-7,9-10,12,17H2,1-2H3,(H,18,19). The Morgan fingerprint density at radius 2 is 2.19 bits per heavy atom. The third-order valence-corrected chi connectivity index (χ3v) is 3.33. The molecule has 1 rings (SSSR count). The zero-order chi connectivity index (χ0) is 15.5. The molecule has 1 amide bonds. The van der Waals surface area contributed by atoms with Gasteiger partial charge in [0, 0.05) is 25.1 Å². The molecule has 1 heterocycles. The Labute approximate surface area is 127 Å². The molecule has 0 radical (unpaired) electrons. The van der Waals surface area contributed by atoms with Crippen molar-refractivity contribution in [3.05, 3.63) is 24.2 Å². The highest BCUT2D eigenvalue weighted by molar-refractivity contribution is 5.78. The molecule has 0 bridgehead atoms. The molecular formula is C16H28N2O3. The molecule has 0 saturated heterocycles. The molecule has 1 aromatic heterocycles. The molecule has 3 N–H and O–H groups in total. The van der Waals surface area contributed by atoms with E-state index in [4.69, 9.17) is 14.9 Å². The summed E-state index contributed by atoms with van der Waals surface area (Å²) >= 11 is 0. The summed E-state index contributed by atoms with van der Waals surface area (Å²) in [6.07, 6.45) is 5.30. The largest absolute Gasteiger partial charge is 0.467 e. The maximum Gasteiger partial charge on any atom is 0.222 e. The summed E-state index contributed by atoms with van der Waals surface area (Å²) in [7, 11) is 0. The van der Waals surface area contributed by atoms with Crippen molar-refractivity contribution in [2.75, 3.05) is 13.2 Å². The van der Waals surface area contributed by atoms with E-state index in [1.165, 1.54) is 0 Å². The monoisotopic (exact) mass is 296 g/mol. The number of carbonyl (C=O) groups is 1. The second kappa shape index (κ2) is 10.4. The smallest absolute Gasteiger partial charge is 0.222 e. The average Bonchev–Trinajstić information content (AvgIpc) is 2.95. The first kappa shape index (κ1) is 17.7. The molecular weight excluding hydrogens is 268 g/mol. The average molecular weight is 296 g/mol. The van der Waals surface area contributed by atoms with Gasteiger partial charge in [-0.25, -0.2) is 0 Å². The zero-order valence-corrected chi connectivity index (χ0v) is 13.1. The van der Waals surface area contributed by atoms with Gasteiger partial charge < -0.3 is 20.2 Å². The van der Waals surface area contributed by atoms with Crippen molar-refractivity contribution >= 4 is 5.91 Å². The number of amides is 1. The summed E-state index contributed by atoms with van der Waals surface area (Å²) in [5.41, 5.74) is 5.70. The quantitative estimate of drug-likeness (QED) is 0.615. The molecule has 0 aliphatic heterocycles. The predicted octanol–water partition coefficient (Wildman–Crippen LogP) is 2.46. The Kier molecular flexibility index (Phi) is 8.78. The lowest BCUT2D eigenvalue weighted by atomic mass is 10.0. The molecule has 2 atom stereocenters. The zero-order valence-electron chi connectivity index (χ0n) is 13.1. The van der Waals surface area contributed by atoms with Crippen molar-refractivity contribution < 1.29 is 13.9 Å². The number of hydrogen-bond acceptors (Lipinski definition) is 4. The van der Waals surface area contributed by atoms with Gasteiger partial charge in [0.15, 0.2) is 0 Å². The highest BCUT2D eigenvalue weighted by Crippen LogP contribution is 2.09. The topological polar surface area (TPSA) is 77.5 Å². The fourth-order valence-electron chi connectivity index (χ4n) is 2.00. The van der Waals surface area contributed by atoms with E-state index in [9.17, 15) is 4.79 Å². The van der Waals surface area contributed by atoms with Crippen LogP contribution in [0, 0.1) is 5.92 Å². The molecule has 0 fully saturated rings. The molecule has 120 valence electrons. The van der Waals surface area contributed by atoms with E-state index in [0.29, 0.717) is 19.8 Å². The molecule has 21 heavy (non-hydrogen) atoms. The first-order valence-corrected chi connectivity index (χ1v) is 7.73. The highest BCUT2D eigenvalue weighted by Gasteiger charge is 2.11. The van der Waals surface area contributed by atoms with Gasteiger partial charge in [-0.3, -0.25) is 4.79 Å². The van der Waals surface area contributed by atoms with Gasteiger partial charge in [-0.2, -0.15) is 0 Å². The van der Waals surface area contributed by atoms with Crippen LogP contribution in [0.1, 0.15) is 45.3 Å². The van der Waals surface area contributed by atoms with Crippen LogP contribution < -0.4 is 11.1 Å². The number of hydrogen-bond donors (Lipinski definition) is 2. The number of rotatable bonds is 11. The highest BCUT2D eigenvalue weighted by atomic mass is 16.5. The van der Waals surface area contributed by atoms with Crippen LogP contribution in [0.15, 0.2) is 22.8 Å². The lowest BCUT2D eigenvalue weighted by Gasteiger charge is -2.12. The van der Waals surface area contributed by atoms with Crippen LogP contribution in [0.25, 0.3) is 0 Å². The summed E-state index contributed by atoms with van der Waals surface area (Å²) in [6.45, 7) is 5.70. The summed E-state index contributed by atoms with van der Waals surface area (Å²) < 4.78 is 10.6. The molecule has 0 aliphatic rings. The maximum atomic E-state index is 11.8. The minimum absolute atomic E-state index is 0.0489. The fourth-order valence-corrected chi connectivity index (χ4v) is 2.00. The van der Waals surface area contributed by atoms with Gasteiger partial charge in [0.1, 0.15) is 12.4 Å². The minimum Gasteiger partial charge on any atom is -0.467 e. The fraction of sp³-hybridized carbons (Fsp3) is 0.688. The number of furan rings is 1. The van der Waals surface area contributed by atoms with Crippen LogP contribution >= 0.6 is 0 Å². The van der Waals surface area contributed by atoms with E-state index in [0.717, 1.165) is 31.4 Å². The number of ether oxygens (including phenoxy) is 1. The van der Waals surface area contributed by atoms with Crippen molar-refractivity contribution in [2.45, 2.75) is 52.2 Å². The lowest BCUT2D eigenvalue weighted by Crippen LogP contribution is -2.30. The molecule has 5 heteroatoms. The molecule has 0 aliphatic carbocycles. The van der Waals surface area contributed by atoms with Gasteiger partial charge in [-0.15, -0.1) is 0 Å². The summed E-state index contributed by atoms with van der Waals surface area (Å²) in [4.78, 5) is 11.8. The SMILES string of the molecule is CC(N)CCCC(C)C(=O)NCCCOCc1ccco1. The summed E-state index contributed by atoms with van der Waals surface area (Å²) in [5.74, 6) is 0.986. The third kappa shape index (κ3) is 8.52. The Bertz CT molecular complexity index is 377. The van der Waals surface area contributed by atoms with Gasteiger partial charge in [0.2, 0.25) is 5.91 Å². The van der Waals surface area contributed by atoms with Crippen molar-refractivity contribution in [3.8, 4) is 0 Å². The maximum absolute atomic E-state index is 11.8. The minimum atomic E-state index is 0.0489. The van der Waals surface area contributed by atoms with Crippen LogP contribution in [0.2, 0.25) is 0 Å². The van der Waals surface area contributed by atoms with Crippen LogP contribution in [0.3, 0.4) is 0 Å².